The van der Waals surface area contributed by atoms with E-state index in [0.29, 0.717) is 13.0 Å². The fraction of sp³-hybridized carbons (Fsp3) is 0.438. The van der Waals surface area contributed by atoms with Crippen molar-refractivity contribution in [1.82, 2.24) is 10.3 Å². The summed E-state index contributed by atoms with van der Waals surface area (Å²) in [6, 6.07) is 8.13. The van der Waals surface area contributed by atoms with Crippen LogP contribution in [-0.2, 0) is 4.74 Å². The minimum Gasteiger partial charge on any atom is -0.375 e. The molecule has 1 heterocycles. The van der Waals surface area contributed by atoms with Gasteiger partial charge in [0.15, 0.2) is 0 Å². The summed E-state index contributed by atoms with van der Waals surface area (Å²) in [4.78, 5) is 4.13. The number of halogens is 2. The molecule has 3 nitrogen and oxygen atoms in total. The predicted octanol–water partition coefficient (Wildman–Crippen LogP) is 3.56. The number of benzene rings is 1. The Labute approximate surface area is 123 Å². The van der Waals surface area contributed by atoms with Crippen LogP contribution in [0, 0.1) is 0 Å². The molecule has 0 spiro atoms. The molecule has 2 aromatic rings. The highest BCUT2D eigenvalue weighted by Crippen LogP contribution is 2.25. The third kappa shape index (κ3) is 4.44. The van der Waals surface area contributed by atoms with E-state index in [0.717, 1.165) is 22.9 Å². The lowest BCUT2D eigenvalue weighted by atomic mass is 9.98. The van der Waals surface area contributed by atoms with E-state index in [1.807, 2.05) is 31.3 Å². The molecule has 0 aliphatic carbocycles. The van der Waals surface area contributed by atoms with Crippen LogP contribution < -0.4 is 5.32 Å². The molecule has 114 valence electrons. The number of aromatic nitrogens is 1. The molecule has 1 N–H and O–H groups in total. The summed E-state index contributed by atoms with van der Waals surface area (Å²) in [6.07, 6.45) is 1.84. The highest BCUT2D eigenvalue weighted by Gasteiger charge is 2.13. The van der Waals surface area contributed by atoms with Crippen LogP contribution in [0.2, 0.25) is 0 Å². The maximum Gasteiger partial charge on any atom is 0.261 e. The quantitative estimate of drug-likeness (QED) is 0.756. The van der Waals surface area contributed by atoms with Crippen molar-refractivity contribution in [3.63, 3.8) is 0 Å². The molecule has 1 atom stereocenters. The standard InChI is InChI=1S/C16H20F2N2O/c1-2-20-15(7-9-21-11-16(17)18)14-5-3-4-12-10-19-8-6-13(12)14/h3-6,8,10,15-16,20H,2,7,9,11H2,1H3. The molecule has 21 heavy (non-hydrogen) atoms. The lowest BCUT2D eigenvalue weighted by molar-refractivity contribution is 0.0144. The third-order valence-corrected chi connectivity index (χ3v) is 3.34. The van der Waals surface area contributed by atoms with Crippen LogP contribution in [0.25, 0.3) is 10.8 Å². The van der Waals surface area contributed by atoms with Crippen molar-refractivity contribution in [1.29, 1.82) is 0 Å². The number of alkyl halides is 2. The zero-order chi connectivity index (χ0) is 15.1. The largest absolute Gasteiger partial charge is 0.375 e. The van der Waals surface area contributed by atoms with Crippen LogP contribution in [-0.4, -0.2) is 31.2 Å². The van der Waals surface area contributed by atoms with E-state index in [1.165, 1.54) is 0 Å². The number of hydrogen-bond donors (Lipinski definition) is 1. The molecule has 1 aromatic heterocycles. The van der Waals surface area contributed by atoms with Gasteiger partial charge in [0.25, 0.3) is 6.43 Å². The minimum absolute atomic E-state index is 0.0822. The lowest BCUT2D eigenvalue weighted by Gasteiger charge is -2.20. The van der Waals surface area contributed by atoms with Crippen LogP contribution >= 0.6 is 0 Å². The Kier molecular flexibility index (Phi) is 6.02. The Bertz CT molecular complexity index is 557. The van der Waals surface area contributed by atoms with E-state index < -0.39 is 13.0 Å². The van der Waals surface area contributed by atoms with E-state index in [-0.39, 0.29) is 6.04 Å². The smallest absolute Gasteiger partial charge is 0.261 e. The summed E-state index contributed by atoms with van der Waals surface area (Å²) in [6.45, 7) is 2.64. The molecule has 0 bridgehead atoms. The third-order valence-electron chi connectivity index (χ3n) is 3.34. The number of pyridine rings is 1. The van der Waals surface area contributed by atoms with Crippen molar-refractivity contribution in [3.05, 3.63) is 42.2 Å². The highest BCUT2D eigenvalue weighted by atomic mass is 19.3. The summed E-state index contributed by atoms with van der Waals surface area (Å²) in [5.74, 6) is 0. The topological polar surface area (TPSA) is 34.1 Å². The molecule has 0 saturated carbocycles. The van der Waals surface area contributed by atoms with Crippen molar-refractivity contribution >= 4 is 10.8 Å². The monoisotopic (exact) mass is 294 g/mol. The van der Waals surface area contributed by atoms with Crippen LogP contribution in [0.15, 0.2) is 36.7 Å². The van der Waals surface area contributed by atoms with Gasteiger partial charge >= 0.3 is 0 Å². The molecule has 0 radical (unpaired) electrons. The van der Waals surface area contributed by atoms with Gasteiger partial charge < -0.3 is 10.1 Å². The Morgan fingerprint density at radius 2 is 2.14 bits per heavy atom. The first-order chi connectivity index (χ1) is 10.2. The maximum absolute atomic E-state index is 12.1. The summed E-state index contributed by atoms with van der Waals surface area (Å²) >= 11 is 0. The van der Waals surface area contributed by atoms with Crippen molar-refractivity contribution < 1.29 is 13.5 Å². The summed E-state index contributed by atoms with van der Waals surface area (Å²) < 4.78 is 29.2. The second-order valence-electron chi connectivity index (χ2n) is 4.81. The van der Waals surface area contributed by atoms with Crippen LogP contribution in [0.1, 0.15) is 24.9 Å². The Balaban J connectivity index is 2.12. The normalized spacial score (nSPS) is 13.0. The molecule has 0 saturated heterocycles. The molecule has 5 heteroatoms. The molecule has 0 amide bonds. The van der Waals surface area contributed by atoms with Gasteiger partial charge in [-0.2, -0.15) is 0 Å². The van der Waals surface area contributed by atoms with Gasteiger partial charge in [0.1, 0.15) is 6.61 Å². The highest BCUT2D eigenvalue weighted by molar-refractivity contribution is 5.85. The average Bonchev–Trinajstić information content (AvgIpc) is 2.49. The fourth-order valence-corrected chi connectivity index (χ4v) is 2.44. The van der Waals surface area contributed by atoms with Crippen LogP contribution in [0.3, 0.4) is 0 Å². The van der Waals surface area contributed by atoms with Crippen molar-refractivity contribution in [3.8, 4) is 0 Å². The first-order valence-corrected chi connectivity index (χ1v) is 7.14. The molecule has 1 unspecified atom stereocenters. The molecular weight excluding hydrogens is 274 g/mol. The van der Waals surface area contributed by atoms with E-state index in [1.54, 1.807) is 6.20 Å². The van der Waals surface area contributed by atoms with E-state index in [4.69, 9.17) is 4.74 Å². The Morgan fingerprint density at radius 1 is 1.29 bits per heavy atom. The number of hydrogen-bond acceptors (Lipinski definition) is 3. The van der Waals surface area contributed by atoms with Gasteiger partial charge in [-0.05, 0) is 30.0 Å². The molecule has 0 aliphatic heterocycles. The molecule has 2 rings (SSSR count). The number of nitrogens with one attached hydrogen (secondary N) is 1. The second-order valence-corrected chi connectivity index (χ2v) is 4.81. The zero-order valence-electron chi connectivity index (χ0n) is 12.1. The van der Waals surface area contributed by atoms with E-state index >= 15 is 0 Å². The lowest BCUT2D eigenvalue weighted by Crippen LogP contribution is -2.23. The first kappa shape index (κ1) is 15.8. The van der Waals surface area contributed by atoms with Gasteiger partial charge in [-0.1, -0.05) is 25.1 Å². The van der Waals surface area contributed by atoms with Crippen LogP contribution in [0.5, 0.6) is 0 Å². The average molecular weight is 294 g/mol. The maximum atomic E-state index is 12.1. The molecular formula is C16H20F2N2O. The van der Waals surface area contributed by atoms with Gasteiger partial charge in [0.2, 0.25) is 0 Å². The van der Waals surface area contributed by atoms with Gasteiger partial charge in [-0.25, -0.2) is 8.78 Å². The van der Waals surface area contributed by atoms with Crippen molar-refractivity contribution in [2.75, 3.05) is 19.8 Å². The Morgan fingerprint density at radius 3 is 2.90 bits per heavy atom. The molecule has 0 fully saturated rings. The zero-order valence-corrected chi connectivity index (χ0v) is 12.1. The Hall–Kier alpha value is -1.59. The van der Waals surface area contributed by atoms with Crippen LogP contribution in [0.4, 0.5) is 8.78 Å². The first-order valence-electron chi connectivity index (χ1n) is 7.14. The SMILES string of the molecule is CCNC(CCOCC(F)F)c1cccc2cnccc12. The fourth-order valence-electron chi connectivity index (χ4n) is 2.44. The summed E-state index contributed by atoms with van der Waals surface area (Å²) in [7, 11) is 0. The number of rotatable bonds is 8. The summed E-state index contributed by atoms with van der Waals surface area (Å²) in [5, 5.41) is 5.60. The number of fused-ring (bicyclic) bond motifs is 1. The van der Waals surface area contributed by atoms with Gasteiger partial charge in [0, 0.05) is 30.4 Å². The number of nitrogens with zero attached hydrogens (tertiary/aromatic N) is 1. The van der Waals surface area contributed by atoms with E-state index in [2.05, 4.69) is 16.4 Å². The molecule has 0 aliphatic rings. The second kappa shape index (κ2) is 8.00. The van der Waals surface area contributed by atoms with Gasteiger partial charge in [-0.15, -0.1) is 0 Å². The summed E-state index contributed by atoms with van der Waals surface area (Å²) in [5.41, 5.74) is 1.15. The molecule has 1 aromatic carbocycles. The predicted molar refractivity (Wildman–Crippen MR) is 79.6 cm³/mol. The van der Waals surface area contributed by atoms with E-state index in [9.17, 15) is 8.78 Å². The van der Waals surface area contributed by atoms with Gasteiger partial charge in [-0.3, -0.25) is 4.98 Å². The minimum atomic E-state index is -2.41. The van der Waals surface area contributed by atoms with Gasteiger partial charge in [0.05, 0.1) is 0 Å². The van der Waals surface area contributed by atoms with Crippen molar-refractivity contribution in [2.45, 2.75) is 25.8 Å². The number of ether oxygens (including phenoxy) is 1. The van der Waals surface area contributed by atoms with Crippen molar-refractivity contribution in [2.24, 2.45) is 0 Å².